The van der Waals surface area contributed by atoms with E-state index in [1.54, 1.807) is 36.4 Å². The van der Waals surface area contributed by atoms with Crippen molar-refractivity contribution in [2.45, 2.75) is 26.2 Å². The highest BCUT2D eigenvalue weighted by Crippen LogP contribution is 2.14. The third kappa shape index (κ3) is 5.42. The number of Topliss-reactive ketones (excluding diaryl/α,β-unsaturated/α-hetero) is 2. The summed E-state index contributed by atoms with van der Waals surface area (Å²) in [6.07, 6.45) is 1.06. The first-order valence-electron chi connectivity index (χ1n) is 7.65. The maximum Gasteiger partial charge on any atom is 0.224 e. The number of anilines is 1. The van der Waals surface area contributed by atoms with E-state index in [-0.39, 0.29) is 23.9 Å². The van der Waals surface area contributed by atoms with Gasteiger partial charge < -0.3 is 5.32 Å². The van der Waals surface area contributed by atoms with E-state index in [9.17, 15) is 14.4 Å². The molecule has 4 nitrogen and oxygen atoms in total. The zero-order chi connectivity index (χ0) is 17.5. The highest BCUT2D eigenvalue weighted by atomic mass is 79.9. The summed E-state index contributed by atoms with van der Waals surface area (Å²) in [5.41, 5.74) is 1.79. The van der Waals surface area contributed by atoms with E-state index < -0.39 is 0 Å². The number of benzene rings is 2. The number of halogens is 1. The largest absolute Gasteiger partial charge is 0.326 e. The van der Waals surface area contributed by atoms with Crippen LogP contribution in [0.15, 0.2) is 53.0 Å². The number of rotatable bonds is 7. The summed E-state index contributed by atoms with van der Waals surface area (Å²) in [6, 6.07) is 14.0. The second kappa shape index (κ2) is 8.55. The van der Waals surface area contributed by atoms with E-state index >= 15 is 0 Å². The fraction of sp³-hybridized carbons (Fsp3) is 0.211. The van der Waals surface area contributed by atoms with Crippen LogP contribution in [-0.2, 0) is 4.79 Å². The van der Waals surface area contributed by atoms with E-state index in [2.05, 4.69) is 21.2 Å². The van der Waals surface area contributed by atoms with Gasteiger partial charge in [0.15, 0.2) is 11.6 Å². The van der Waals surface area contributed by atoms with Crippen molar-refractivity contribution < 1.29 is 14.4 Å². The molecule has 0 aliphatic rings. The smallest absolute Gasteiger partial charge is 0.224 e. The lowest BCUT2D eigenvalue weighted by atomic mass is 10.1. The molecule has 124 valence electrons. The first kappa shape index (κ1) is 18.1. The summed E-state index contributed by atoms with van der Waals surface area (Å²) in [5, 5.41) is 2.75. The summed E-state index contributed by atoms with van der Waals surface area (Å²) in [7, 11) is 0. The lowest BCUT2D eigenvalue weighted by Crippen LogP contribution is -2.12. The molecule has 1 N–H and O–H groups in total. The van der Waals surface area contributed by atoms with E-state index in [4.69, 9.17) is 0 Å². The minimum absolute atomic E-state index is 0.0221. The molecule has 0 aliphatic carbocycles. The molecule has 0 unspecified atom stereocenters. The summed E-state index contributed by atoms with van der Waals surface area (Å²) >= 11 is 3.33. The molecule has 5 heteroatoms. The van der Waals surface area contributed by atoms with Gasteiger partial charge in [0.05, 0.1) is 0 Å². The summed E-state index contributed by atoms with van der Waals surface area (Å²) < 4.78 is 0.922. The zero-order valence-electron chi connectivity index (χ0n) is 13.3. The molecule has 2 rings (SSSR count). The molecule has 0 fully saturated rings. The lowest BCUT2D eigenvalue weighted by molar-refractivity contribution is -0.116. The fourth-order valence-electron chi connectivity index (χ4n) is 2.23. The van der Waals surface area contributed by atoms with Crippen LogP contribution in [0.1, 0.15) is 46.9 Å². The molecule has 0 aromatic heterocycles. The molecule has 2 aromatic carbocycles. The van der Waals surface area contributed by atoms with Crippen LogP contribution in [0.4, 0.5) is 5.69 Å². The normalized spacial score (nSPS) is 10.2. The highest BCUT2D eigenvalue weighted by Gasteiger charge is 2.09. The standard InChI is InChI=1S/C19H18BrNO3/c1-13(22)15-4-2-5-17(12-15)21-19(24)7-3-6-18(23)14-8-10-16(20)11-9-14/h2,4-5,8-12H,3,6-7H2,1H3,(H,21,24). The minimum atomic E-state index is -0.167. The number of nitrogens with one attached hydrogen (secondary N) is 1. The van der Waals surface area contributed by atoms with Crippen molar-refractivity contribution in [3.8, 4) is 0 Å². The molecule has 0 atom stereocenters. The van der Waals surface area contributed by atoms with Crippen LogP contribution >= 0.6 is 15.9 Å². The number of carbonyl (C=O) groups is 3. The molecule has 0 saturated heterocycles. The molecule has 1 amide bonds. The van der Waals surface area contributed by atoms with Gasteiger partial charge in [-0.2, -0.15) is 0 Å². The zero-order valence-corrected chi connectivity index (χ0v) is 14.9. The van der Waals surface area contributed by atoms with Gasteiger partial charge in [0, 0.05) is 34.1 Å². The molecule has 24 heavy (non-hydrogen) atoms. The van der Waals surface area contributed by atoms with Crippen molar-refractivity contribution in [1.29, 1.82) is 0 Å². The highest BCUT2D eigenvalue weighted by molar-refractivity contribution is 9.10. The van der Waals surface area contributed by atoms with Crippen molar-refractivity contribution >= 4 is 39.1 Å². The van der Waals surface area contributed by atoms with Gasteiger partial charge in [-0.15, -0.1) is 0 Å². The lowest BCUT2D eigenvalue weighted by Gasteiger charge is -2.06. The quantitative estimate of drug-likeness (QED) is 0.703. The van der Waals surface area contributed by atoms with Gasteiger partial charge in [-0.25, -0.2) is 0 Å². The molecular formula is C19H18BrNO3. The molecule has 0 radical (unpaired) electrons. The van der Waals surface area contributed by atoms with Gasteiger partial charge in [0.2, 0.25) is 5.91 Å². The van der Waals surface area contributed by atoms with E-state index in [1.165, 1.54) is 6.92 Å². The molecule has 0 bridgehead atoms. The first-order chi connectivity index (χ1) is 11.5. The van der Waals surface area contributed by atoms with Gasteiger partial charge in [-0.1, -0.05) is 40.2 Å². The average Bonchev–Trinajstić information content (AvgIpc) is 2.55. The second-order valence-electron chi connectivity index (χ2n) is 5.47. The van der Waals surface area contributed by atoms with Crippen LogP contribution in [0.2, 0.25) is 0 Å². The minimum Gasteiger partial charge on any atom is -0.326 e. The van der Waals surface area contributed by atoms with Crippen LogP contribution in [-0.4, -0.2) is 17.5 Å². The number of amides is 1. The Kier molecular flexibility index (Phi) is 6.44. The van der Waals surface area contributed by atoms with Crippen LogP contribution in [0, 0.1) is 0 Å². The van der Waals surface area contributed by atoms with Crippen molar-refractivity contribution in [2.24, 2.45) is 0 Å². The molecular weight excluding hydrogens is 370 g/mol. The summed E-state index contributed by atoms with van der Waals surface area (Å²) in [4.78, 5) is 35.3. The van der Waals surface area contributed by atoms with Gasteiger partial charge in [-0.05, 0) is 37.6 Å². The Hall–Kier alpha value is -2.27. The van der Waals surface area contributed by atoms with Gasteiger partial charge in [0.1, 0.15) is 0 Å². The maximum atomic E-state index is 12.0. The molecule has 0 aliphatic heterocycles. The van der Waals surface area contributed by atoms with Crippen LogP contribution < -0.4 is 5.32 Å². The molecule has 0 spiro atoms. The average molecular weight is 388 g/mol. The number of ketones is 2. The summed E-state index contributed by atoms with van der Waals surface area (Å²) in [5.74, 6) is -0.195. The molecule has 0 saturated carbocycles. The Morgan fingerprint density at radius 1 is 0.958 bits per heavy atom. The Morgan fingerprint density at radius 3 is 2.33 bits per heavy atom. The van der Waals surface area contributed by atoms with Gasteiger partial charge in [-0.3, -0.25) is 14.4 Å². The van der Waals surface area contributed by atoms with Crippen LogP contribution in [0.5, 0.6) is 0 Å². The molecule has 0 heterocycles. The third-order valence-corrected chi connectivity index (χ3v) is 4.06. The van der Waals surface area contributed by atoms with E-state index in [0.717, 1.165) is 4.47 Å². The topological polar surface area (TPSA) is 63.2 Å². The monoisotopic (exact) mass is 387 g/mol. The third-order valence-electron chi connectivity index (χ3n) is 3.53. The van der Waals surface area contributed by atoms with Gasteiger partial charge in [0.25, 0.3) is 0 Å². The van der Waals surface area contributed by atoms with E-state index in [1.807, 2.05) is 12.1 Å². The van der Waals surface area contributed by atoms with Crippen LogP contribution in [0.25, 0.3) is 0 Å². The van der Waals surface area contributed by atoms with Crippen LogP contribution in [0.3, 0.4) is 0 Å². The molecule has 2 aromatic rings. The van der Waals surface area contributed by atoms with Crippen molar-refractivity contribution in [3.63, 3.8) is 0 Å². The predicted octanol–water partition coefficient (Wildman–Crippen LogP) is 4.64. The Balaban J connectivity index is 1.81. The predicted molar refractivity (Wildman–Crippen MR) is 97.4 cm³/mol. The van der Waals surface area contributed by atoms with Gasteiger partial charge >= 0.3 is 0 Å². The maximum absolute atomic E-state index is 12.0. The van der Waals surface area contributed by atoms with Crippen molar-refractivity contribution in [2.75, 3.05) is 5.32 Å². The Morgan fingerprint density at radius 2 is 1.67 bits per heavy atom. The van der Waals surface area contributed by atoms with Crippen molar-refractivity contribution in [1.82, 2.24) is 0 Å². The number of hydrogen-bond acceptors (Lipinski definition) is 3. The second-order valence-corrected chi connectivity index (χ2v) is 6.38. The number of carbonyl (C=O) groups excluding carboxylic acids is 3. The Bertz CT molecular complexity index is 753. The SMILES string of the molecule is CC(=O)c1cccc(NC(=O)CCCC(=O)c2ccc(Br)cc2)c1. The fourth-order valence-corrected chi connectivity index (χ4v) is 2.49. The summed E-state index contributed by atoms with van der Waals surface area (Å²) in [6.45, 7) is 1.48. The Labute approximate surface area is 149 Å². The number of hydrogen-bond donors (Lipinski definition) is 1. The van der Waals surface area contributed by atoms with E-state index in [0.29, 0.717) is 29.7 Å². The first-order valence-corrected chi connectivity index (χ1v) is 8.44. The van der Waals surface area contributed by atoms with Crippen molar-refractivity contribution in [3.05, 3.63) is 64.1 Å².